The zero-order valence-electron chi connectivity index (χ0n) is 10.8. The van der Waals surface area contributed by atoms with Gasteiger partial charge in [-0.1, -0.05) is 37.3 Å². The first kappa shape index (κ1) is 13.9. The fourth-order valence-electron chi connectivity index (χ4n) is 1.63. The van der Waals surface area contributed by atoms with Crippen molar-refractivity contribution in [3.05, 3.63) is 35.9 Å². The molecule has 0 saturated carbocycles. The van der Waals surface area contributed by atoms with Crippen LogP contribution < -0.4 is 5.32 Å². The molecule has 2 rings (SSSR count). The third kappa shape index (κ3) is 4.67. The largest absolute Gasteiger partial charge is 0.352 e. The highest BCUT2D eigenvalue weighted by molar-refractivity contribution is 5.48. The van der Waals surface area contributed by atoms with E-state index in [4.69, 9.17) is 4.74 Å². The molecule has 1 aliphatic rings. The molecular formula is C14H21NO2. The zero-order valence-corrected chi connectivity index (χ0v) is 10.8. The van der Waals surface area contributed by atoms with Crippen molar-refractivity contribution >= 4 is 6.29 Å². The maximum Gasteiger partial charge on any atom is 0.119 e. The molecule has 0 amide bonds. The van der Waals surface area contributed by atoms with Gasteiger partial charge < -0.3 is 9.53 Å². The predicted molar refractivity (Wildman–Crippen MR) is 68.7 cm³/mol. The first-order valence-electron chi connectivity index (χ1n) is 6.00. The summed E-state index contributed by atoms with van der Waals surface area (Å²) in [7, 11) is 0. The van der Waals surface area contributed by atoms with E-state index in [-0.39, 0.29) is 11.8 Å². The van der Waals surface area contributed by atoms with Gasteiger partial charge in [-0.05, 0) is 19.4 Å². The number of benzene rings is 1. The highest BCUT2D eigenvalue weighted by Gasteiger charge is 2.31. The van der Waals surface area contributed by atoms with Crippen LogP contribution in [0.4, 0.5) is 0 Å². The minimum Gasteiger partial charge on any atom is -0.352 e. The van der Waals surface area contributed by atoms with Crippen molar-refractivity contribution < 1.29 is 9.53 Å². The van der Waals surface area contributed by atoms with E-state index in [1.807, 2.05) is 25.1 Å². The summed E-state index contributed by atoms with van der Waals surface area (Å²) in [6.07, 6.45) is 1.72. The second kappa shape index (κ2) is 6.52. The lowest BCUT2D eigenvalue weighted by atomic mass is 10.1. The summed E-state index contributed by atoms with van der Waals surface area (Å²) in [6.45, 7) is 6.82. The molecule has 0 radical (unpaired) electrons. The standard InChI is InChI=1S/C11H15NO.C3H6O/c1-11(2)12-8-10(13-11)9-6-4-3-5-7-9;1-2-3-4/h3-7,10,12H,8H2,1-2H3;3H,2H2,1H3/t10-;/m0./s1. The monoisotopic (exact) mass is 235 g/mol. The lowest BCUT2D eigenvalue weighted by molar-refractivity contribution is -0.107. The van der Waals surface area contributed by atoms with E-state index < -0.39 is 0 Å². The summed E-state index contributed by atoms with van der Waals surface area (Å²) in [5.74, 6) is 0. The van der Waals surface area contributed by atoms with Gasteiger partial charge >= 0.3 is 0 Å². The SMILES string of the molecule is CC1(C)NC[C@@H](c2ccccc2)O1.CCC=O. The number of carbonyl (C=O) groups excluding carboxylic acids is 1. The van der Waals surface area contributed by atoms with Crippen molar-refractivity contribution in [2.75, 3.05) is 6.54 Å². The molecule has 1 aromatic rings. The molecule has 0 bridgehead atoms. The molecule has 94 valence electrons. The van der Waals surface area contributed by atoms with Crippen molar-refractivity contribution in [1.82, 2.24) is 5.32 Å². The minimum atomic E-state index is -0.180. The number of hydrogen-bond donors (Lipinski definition) is 1. The average molecular weight is 235 g/mol. The number of nitrogens with one attached hydrogen (secondary N) is 1. The molecule has 0 aromatic heterocycles. The Kier molecular flexibility index (Phi) is 5.32. The highest BCUT2D eigenvalue weighted by Crippen LogP contribution is 2.27. The van der Waals surface area contributed by atoms with Gasteiger partial charge in [-0.25, -0.2) is 0 Å². The number of rotatable bonds is 2. The van der Waals surface area contributed by atoms with Gasteiger partial charge in [0.1, 0.15) is 12.0 Å². The van der Waals surface area contributed by atoms with Crippen molar-refractivity contribution in [3.63, 3.8) is 0 Å². The Labute approximate surface area is 103 Å². The quantitative estimate of drug-likeness (QED) is 0.801. The first-order valence-corrected chi connectivity index (χ1v) is 6.00. The van der Waals surface area contributed by atoms with Gasteiger partial charge in [0.25, 0.3) is 0 Å². The summed E-state index contributed by atoms with van der Waals surface area (Å²) < 4.78 is 5.82. The molecule has 1 saturated heterocycles. The molecule has 3 nitrogen and oxygen atoms in total. The zero-order chi connectivity index (χ0) is 12.7. The van der Waals surface area contributed by atoms with E-state index in [1.54, 1.807) is 0 Å². The van der Waals surface area contributed by atoms with Crippen LogP contribution in [0.15, 0.2) is 30.3 Å². The van der Waals surface area contributed by atoms with Crippen LogP contribution in [0.1, 0.15) is 38.9 Å². The molecule has 0 unspecified atom stereocenters. The Balaban J connectivity index is 0.000000317. The van der Waals surface area contributed by atoms with Gasteiger partial charge in [0.05, 0.1) is 6.10 Å². The molecule has 1 aromatic carbocycles. The maximum absolute atomic E-state index is 9.17. The summed E-state index contributed by atoms with van der Waals surface area (Å²) in [4.78, 5) is 9.17. The molecule has 0 spiro atoms. The summed E-state index contributed by atoms with van der Waals surface area (Å²) in [5, 5.41) is 3.32. The topological polar surface area (TPSA) is 38.3 Å². The second-order valence-corrected chi connectivity index (χ2v) is 4.48. The minimum absolute atomic E-state index is 0.180. The first-order chi connectivity index (χ1) is 8.09. The molecule has 1 N–H and O–H groups in total. The van der Waals surface area contributed by atoms with Gasteiger partial charge in [0.2, 0.25) is 0 Å². The maximum atomic E-state index is 9.17. The Morgan fingerprint density at radius 3 is 2.41 bits per heavy atom. The Bertz CT molecular complexity index is 335. The van der Waals surface area contributed by atoms with Crippen molar-refractivity contribution in [3.8, 4) is 0 Å². The van der Waals surface area contributed by atoms with Crippen LogP contribution >= 0.6 is 0 Å². The fraction of sp³-hybridized carbons (Fsp3) is 0.500. The molecule has 3 heteroatoms. The van der Waals surface area contributed by atoms with Gasteiger partial charge in [0.15, 0.2) is 0 Å². The average Bonchev–Trinajstić information content (AvgIpc) is 2.71. The molecular weight excluding hydrogens is 214 g/mol. The van der Waals surface area contributed by atoms with E-state index in [2.05, 4.69) is 31.3 Å². The summed E-state index contributed by atoms with van der Waals surface area (Å²) in [6, 6.07) is 10.3. The van der Waals surface area contributed by atoms with Gasteiger partial charge in [-0.3, -0.25) is 5.32 Å². The van der Waals surface area contributed by atoms with Crippen LogP contribution in [0.2, 0.25) is 0 Å². The lowest BCUT2D eigenvalue weighted by Crippen LogP contribution is -2.33. The number of ether oxygens (including phenoxy) is 1. The van der Waals surface area contributed by atoms with Crippen LogP contribution in [-0.2, 0) is 9.53 Å². The van der Waals surface area contributed by atoms with Gasteiger partial charge in [-0.2, -0.15) is 0 Å². The van der Waals surface area contributed by atoms with Crippen LogP contribution in [0.5, 0.6) is 0 Å². The highest BCUT2D eigenvalue weighted by atomic mass is 16.5. The lowest BCUT2D eigenvalue weighted by Gasteiger charge is -2.18. The number of hydrogen-bond acceptors (Lipinski definition) is 3. The molecule has 1 aliphatic heterocycles. The Morgan fingerprint density at radius 2 is 2.00 bits per heavy atom. The molecule has 17 heavy (non-hydrogen) atoms. The number of aldehydes is 1. The third-order valence-corrected chi connectivity index (χ3v) is 2.49. The molecule has 1 heterocycles. The smallest absolute Gasteiger partial charge is 0.119 e. The summed E-state index contributed by atoms with van der Waals surface area (Å²) in [5.41, 5.74) is 1.07. The normalized spacial score (nSPS) is 21.5. The van der Waals surface area contributed by atoms with E-state index in [9.17, 15) is 4.79 Å². The number of carbonyl (C=O) groups is 1. The fourth-order valence-corrected chi connectivity index (χ4v) is 1.63. The van der Waals surface area contributed by atoms with Crippen molar-refractivity contribution in [2.45, 2.75) is 39.0 Å². The van der Waals surface area contributed by atoms with Crippen LogP contribution in [0, 0.1) is 0 Å². The third-order valence-electron chi connectivity index (χ3n) is 2.49. The van der Waals surface area contributed by atoms with E-state index in [0.29, 0.717) is 6.42 Å². The van der Waals surface area contributed by atoms with Crippen molar-refractivity contribution in [1.29, 1.82) is 0 Å². The Hall–Kier alpha value is -1.19. The van der Waals surface area contributed by atoms with E-state index in [1.165, 1.54) is 5.56 Å². The molecule has 1 atom stereocenters. The summed E-state index contributed by atoms with van der Waals surface area (Å²) >= 11 is 0. The van der Waals surface area contributed by atoms with Crippen molar-refractivity contribution in [2.24, 2.45) is 0 Å². The van der Waals surface area contributed by atoms with Crippen LogP contribution in [0.25, 0.3) is 0 Å². The van der Waals surface area contributed by atoms with E-state index in [0.717, 1.165) is 12.8 Å². The predicted octanol–water partition coefficient (Wildman–Crippen LogP) is 2.68. The van der Waals surface area contributed by atoms with Gasteiger partial charge in [0, 0.05) is 13.0 Å². The van der Waals surface area contributed by atoms with E-state index >= 15 is 0 Å². The second-order valence-electron chi connectivity index (χ2n) is 4.48. The van der Waals surface area contributed by atoms with Gasteiger partial charge in [-0.15, -0.1) is 0 Å². The molecule has 0 aliphatic carbocycles. The van der Waals surface area contributed by atoms with Crippen LogP contribution in [0.3, 0.4) is 0 Å². The Morgan fingerprint density at radius 1 is 1.41 bits per heavy atom. The molecule has 1 fully saturated rings. The van der Waals surface area contributed by atoms with Crippen LogP contribution in [-0.4, -0.2) is 18.6 Å².